The number of ether oxygens (including phenoxy) is 1. The highest BCUT2D eigenvalue weighted by Crippen LogP contribution is 2.27. The minimum absolute atomic E-state index is 0.448. The van der Waals surface area contributed by atoms with Gasteiger partial charge in [-0.1, -0.05) is 0 Å². The Bertz CT molecular complexity index is 554. The van der Waals surface area contributed by atoms with E-state index >= 15 is 0 Å². The van der Waals surface area contributed by atoms with Crippen molar-refractivity contribution >= 4 is 16.7 Å². The van der Waals surface area contributed by atoms with Crippen molar-refractivity contribution in [2.24, 2.45) is 0 Å². The van der Waals surface area contributed by atoms with Gasteiger partial charge in [0.2, 0.25) is 5.13 Å². The number of imidazole rings is 1. The van der Waals surface area contributed by atoms with E-state index in [1.807, 2.05) is 13.8 Å². The number of nitrogens with zero attached hydrogens (tertiary/aromatic N) is 3. The molecular weight excluding hydrogens is 274 g/mol. The summed E-state index contributed by atoms with van der Waals surface area (Å²) in [6.45, 7) is 6.32. The predicted molar refractivity (Wildman–Crippen MR) is 78.1 cm³/mol. The highest BCUT2D eigenvalue weighted by molar-refractivity contribution is 7.09. The van der Waals surface area contributed by atoms with Crippen LogP contribution in [0.2, 0.25) is 0 Å². The average Bonchev–Trinajstić information content (AvgIpc) is 3.05. The monoisotopic (exact) mass is 293 g/mol. The van der Waals surface area contributed by atoms with Crippen molar-refractivity contribution in [2.45, 2.75) is 39.2 Å². The highest BCUT2D eigenvalue weighted by atomic mass is 32.1. The fraction of sp³-hybridized carbons (Fsp3) is 0.615. The normalized spacial score (nSPS) is 16.5. The Morgan fingerprint density at radius 2 is 2.10 bits per heavy atom. The van der Waals surface area contributed by atoms with Crippen molar-refractivity contribution in [3.8, 4) is 0 Å². The van der Waals surface area contributed by atoms with Crippen molar-refractivity contribution in [3.05, 3.63) is 23.0 Å². The molecule has 0 spiro atoms. The summed E-state index contributed by atoms with van der Waals surface area (Å²) in [5, 5.41) is 4.14. The van der Waals surface area contributed by atoms with Gasteiger partial charge in [0.1, 0.15) is 11.6 Å². The molecule has 0 aliphatic carbocycles. The van der Waals surface area contributed by atoms with Gasteiger partial charge >= 0.3 is 0 Å². The zero-order chi connectivity index (χ0) is 13.9. The number of nitrogens with one attached hydrogen (secondary N) is 2. The molecule has 1 saturated heterocycles. The van der Waals surface area contributed by atoms with Crippen LogP contribution in [-0.2, 0) is 11.3 Å². The van der Waals surface area contributed by atoms with E-state index in [1.165, 1.54) is 11.5 Å². The van der Waals surface area contributed by atoms with Crippen LogP contribution in [0.4, 0.5) is 5.13 Å². The Morgan fingerprint density at radius 1 is 1.30 bits per heavy atom. The Labute approximate surface area is 122 Å². The molecule has 1 fully saturated rings. The van der Waals surface area contributed by atoms with Crippen LogP contribution in [-0.4, -0.2) is 32.5 Å². The maximum atomic E-state index is 5.37. The Morgan fingerprint density at radius 3 is 2.80 bits per heavy atom. The van der Waals surface area contributed by atoms with Crippen LogP contribution in [0.1, 0.15) is 41.8 Å². The second-order valence-corrected chi connectivity index (χ2v) is 5.84. The fourth-order valence-electron chi connectivity index (χ4n) is 2.29. The van der Waals surface area contributed by atoms with Crippen LogP contribution in [0.15, 0.2) is 0 Å². The molecule has 0 saturated carbocycles. The van der Waals surface area contributed by atoms with Crippen LogP contribution in [0, 0.1) is 13.8 Å². The molecule has 1 aliphatic heterocycles. The Hall–Kier alpha value is -1.47. The van der Waals surface area contributed by atoms with Gasteiger partial charge in [0.15, 0.2) is 0 Å². The molecule has 0 atom stereocenters. The number of anilines is 1. The van der Waals surface area contributed by atoms with Crippen LogP contribution in [0.3, 0.4) is 0 Å². The van der Waals surface area contributed by atoms with Gasteiger partial charge in [0.05, 0.1) is 12.2 Å². The van der Waals surface area contributed by atoms with Crippen LogP contribution in [0.25, 0.3) is 0 Å². The quantitative estimate of drug-likeness (QED) is 0.905. The van der Waals surface area contributed by atoms with Gasteiger partial charge in [-0.05, 0) is 26.7 Å². The number of hydrogen-bond donors (Lipinski definition) is 2. The predicted octanol–water partition coefficient (Wildman–Crippen LogP) is 2.38. The minimum atomic E-state index is 0.448. The van der Waals surface area contributed by atoms with Crippen molar-refractivity contribution < 1.29 is 4.74 Å². The maximum Gasteiger partial charge on any atom is 0.202 e. The molecular formula is C13H19N5OS. The van der Waals surface area contributed by atoms with Gasteiger partial charge in [0, 0.05) is 36.4 Å². The van der Waals surface area contributed by atoms with E-state index in [0.29, 0.717) is 12.5 Å². The first-order valence-electron chi connectivity index (χ1n) is 6.89. The fourth-order valence-corrected chi connectivity index (χ4v) is 2.93. The second-order valence-electron chi connectivity index (χ2n) is 5.09. The lowest BCUT2D eigenvalue weighted by Crippen LogP contribution is -2.15. The first-order chi connectivity index (χ1) is 9.72. The van der Waals surface area contributed by atoms with E-state index in [9.17, 15) is 0 Å². The number of rotatable bonds is 4. The largest absolute Gasteiger partial charge is 0.381 e. The highest BCUT2D eigenvalue weighted by Gasteiger charge is 2.20. The second kappa shape index (κ2) is 5.88. The molecule has 0 unspecified atom stereocenters. The van der Waals surface area contributed by atoms with Crippen molar-refractivity contribution in [2.75, 3.05) is 18.5 Å². The molecule has 6 nitrogen and oxygen atoms in total. The van der Waals surface area contributed by atoms with Crippen molar-refractivity contribution in [1.29, 1.82) is 0 Å². The summed E-state index contributed by atoms with van der Waals surface area (Å²) in [5.74, 6) is 2.33. The molecule has 3 heterocycles. The third-order valence-corrected chi connectivity index (χ3v) is 4.30. The lowest BCUT2D eigenvalue weighted by molar-refractivity contribution is 0.0838. The molecule has 0 bridgehead atoms. The third-order valence-electron chi connectivity index (χ3n) is 3.61. The third kappa shape index (κ3) is 2.99. The Balaban J connectivity index is 1.59. The summed E-state index contributed by atoms with van der Waals surface area (Å²) in [4.78, 5) is 12.3. The average molecular weight is 293 g/mol. The first-order valence-corrected chi connectivity index (χ1v) is 7.67. The lowest BCUT2D eigenvalue weighted by Gasteiger charge is -2.18. The van der Waals surface area contributed by atoms with Gasteiger partial charge < -0.3 is 15.0 Å². The summed E-state index contributed by atoms with van der Waals surface area (Å²) in [7, 11) is 0. The van der Waals surface area contributed by atoms with Gasteiger partial charge in [0.25, 0.3) is 0 Å². The smallest absolute Gasteiger partial charge is 0.202 e. The molecule has 0 aromatic carbocycles. The van der Waals surface area contributed by atoms with Gasteiger partial charge in [-0.3, -0.25) is 0 Å². The number of aromatic amines is 1. The molecule has 2 aromatic heterocycles. The van der Waals surface area contributed by atoms with E-state index < -0.39 is 0 Å². The zero-order valence-corrected chi connectivity index (χ0v) is 12.6. The number of aryl methyl sites for hydroxylation is 2. The molecule has 20 heavy (non-hydrogen) atoms. The molecule has 0 radical (unpaired) electrons. The summed E-state index contributed by atoms with van der Waals surface area (Å²) >= 11 is 1.42. The number of hydrogen-bond acceptors (Lipinski definition) is 6. The SMILES string of the molecule is Cc1nc(CNc2nc(C3CCOCC3)ns2)[nH]c1C. The summed E-state index contributed by atoms with van der Waals surface area (Å²) < 4.78 is 9.82. The van der Waals surface area contributed by atoms with Crippen molar-refractivity contribution in [3.63, 3.8) is 0 Å². The molecule has 7 heteroatoms. The van der Waals surface area contributed by atoms with E-state index in [-0.39, 0.29) is 0 Å². The van der Waals surface area contributed by atoms with Gasteiger partial charge in [-0.25, -0.2) is 9.97 Å². The summed E-state index contributed by atoms with van der Waals surface area (Å²) in [6.07, 6.45) is 2.04. The molecule has 0 amide bonds. The molecule has 108 valence electrons. The van der Waals surface area contributed by atoms with Crippen LogP contribution < -0.4 is 5.32 Å². The van der Waals surface area contributed by atoms with E-state index in [1.54, 1.807) is 0 Å². The first kappa shape index (κ1) is 13.5. The number of H-pyrrole nitrogens is 1. The van der Waals surface area contributed by atoms with Gasteiger partial charge in [-0.15, -0.1) is 0 Å². The van der Waals surface area contributed by atoms with E-state index in [0.717, 1.165) is 54.2 Å². The van der Waals surface area contributed by atoms with E-state index in [2.05, 4.69) is 24.6 Å². The molecule has 2 N–H and O–H groups in total. The molecule has 1 aliphatic rings. The summed E-state index contributed by atoms with van der Waals surface area (Å²) in [6, 6.07) is 0. The van der Waals surface area contributed by atoms with Crippen molar-refractivity contribution in [1.82, 2.24) is 19.3 Å². The maximum absolute atomic E-state index is 5.37. The van der Waals surface area contributed by atoms with Crippen LogP contribution in [0.5, 0.6) is 0 Å². The molecule has 3 rings (SSSR count). The number of aromatic nitrogens is 4. The topological polar surface area (TPSA) is 75.7 Å². The summed E-state index contributed by atoms with van der Waals surface area (Å²) in [5.41, 5.74) is 2.16. The standard InChI is InChI=1S/C13H19N5OS/c1-8-9(2)16-11(15-8)7-14-13-17-12(18-20-13)10-3-5-19-6-4-10/h10H,3-7H2,1-2H3,(H,15,16)(H,14,17,18). The lowest BCUT2D eigenvalue weighted by atomic mass is 10.00. The van der Waals surface area contributed by atoms with E-state index in [4.69, 9.17) is 4.74 Å². The Kier molecular flexibility index (Phi) is 3.98. The van der Waals surface area contributed by atoms with Gasteiger partial charge in [-0.2, -0.15) is 4.37 Å². The van der Waals surface area contributed by atoms with Crippen LogP contribution >= 0.6 is 11.5 Å². The molecule has 2 aromatic rings. The minimum Gasteiger partial charge on any atom is -0.381 e. The zero-order valence-electron chi connectivity index (χ0n) is 11.8.